The van der Waals surface area contributed by atoms with E-state index in [0.29, 0.717) is 19.3 Å². The van der Waals surface area contributed by atoms with E-state index in [2.05, 4.69) is 16.3 Å². The highest BCUT2D eigenvalue weighted by atomic mass is 32.2. The Bertz CT molecular complexity index is 537. The molecule has 0 heterocycles. The maximum absolute atomic E-state index is 10.4. The summed E-state index contributed by atoms with van der Waals surface area (Å²) in [5, 5.41) is 22.6. The predicted molar refractivity (Wildman–Crippen MR) is 93.3 cm³/mol. The van der Waals surface area contributed by atoms with Crippen molar-refractivity contribution in [3.05, 3.63) is 35.9 Å². The van der Waals surface area contributed by atoms with E-state index in [1.54, 1.807) is 0 Å². The lowest BCUT2D eigenvalue weighted by molar-refractivity contribution is -0.180. The first-order chi connectivity index (χ1) is 11.3. The zero-order valence-corrected chi connectivity index (χ0v) is 14.9. The molecule has 6 nitrogen and oxygen atoms in total. The third-order valence-corrected chi connectivity index (χ3v) is 4.35. The van der Waals surface area contributed by atoms with Crippen molar-refractivity contribution in [2.24, 2.45) is 5.14 Å². The summed E-state index contributed by atoms with van der Waals surface area (Å²) in [6, 6.07) is 10.2. The average molecular weight is 359 g/mol. The molecule has 0 atom stereocenters. The molecule has 24 heavy (non-hydrogen) atoms. The molecule has 2 rings (SSSR count). The summed E-state index contributed by atoms with van der Waals surface area (Å²) < 4.78 is 25.3. The molecule has 1 aromatic rings. The van der Waals surface area contributed by atoms with Crippen LogP contribution >= 0.6 is 0 Å². The molecule has 0 aromatic heterocycles. The van der Waals surface area contributed by atoms with Gasteiger partial charge in [0, 0.05) is 12.8 Å². The summed E-state index contributed by atoms with van der Waals surface area (Å²) in [6.45, 7) is 0.174. The van der Waals surface area contributed by atoms with Gasteiger partial charge in [0.25, 0.3) is 0 Å². The molecule has 0 saturated heterocycles. The molecule has 1 aliphatic carbocycles. The van der Waals surface area contributed by atoms with Crippen LogP contribution in [0.3, 0.4) is 0 Å². The van der Waals surface area contributed by atoms with Crippen LogP contribution in [0, 0.1) is 0 Å². The Kier molecular flexibility index (Phi) is 9.46. The molecular weight excluding hydrogens is 330 g/mol. The Hall–Kier alpha value is -0.990. The van der Waals surface area contributed by atoms with E-state index in [0.717, 1.165) is 38.5 Å². The lowest BCUT2D eigenvalue weighted by atomic mass is 9.95. The van der Waals surface area contributed by atoms with Gasteiger partial charge >= 0.3 is 10.3 Å². The Morgan fingerprint density at radius 3 is 2.12 bits per heavy atom. The summed E-state index contributed by atoms with van der Waals surface area (Å²) in [7, 11) is -3.76. The lowest BCUT2D eigenvalue weighted by Crippen LogP contribution is -2.30. The molecule has 7 heteroatoms. The van der Waals surface area contributed by atoms with Gasteiger partial charge in [0.15, 0.2) is 5.79 Å². The molecule has 138 valence electrons. The van der Waals surface area contributed by atoms with Gasteiger partial charge in [-0.3, -0.25) is 4.18 Å². The number of benzene rings is 1. The van der Waals surface area contributed by atoms with Gasteiger partial charge in [-0.2, -0.15) is 8.42 Å². The highest BCUT2D eigenvalue weighted by molar-refractivity contribution is 7.84. The number of aryl methyl sites for hydroxylation is 1. The predicted octanol–water partition coefficient (Wildman–Crippen LogP) is 2.25. The second kappa shape index (κ2) is 10.8. The third kappa shape index (κ3) is 11.5. The molecular formula is C17H29NO5S. The Balaban J connectivity index is 0.000000300. The van der Waals surface area contributed by atoms with Crippen LogP contribution in [-0.4, -0.2) is 31.0 Å². The largest absolute Gasteiger partial charge is 0.366 e. The normalized spacial score (nSPS) is 17.0. The van der Waals surface area contributed by atoms with Crippen molar-refractivity contribution >= 4 is 10.3 Å². The second-order valence-electron chi connectivity index (χ2n) is 6.15. The SMILES string of the molecule is NS(=O)(=O)OCCCCCc1ccccc1.OC1(O)CCCCC1. The van der Waals surface area contributed by atoms with Gasteiger partial charge in [-0.1, -0.05) is 43.2 Å². The number of nitrogens with two attached hydrogens (primary N) is 1. The molecule has 0 spiro atoms. The molecule has 1 aliphatic rings. The zero-order valence-electron chi connectivity index (χ0n) is 14.1. The van der Waals surface area contributed by atoms with Crippen molar-refractivity contribution in [1.29, 1.82) is 0 Å². The van der Waals surface area contributed by atoms with Gasteiger partial charge in [0.1, 0.15) is 0 Å². The summed E-state index contributed by atoms with van der Waals surface area (Å²) in [6.07, 6.45) is 7.89. The number of hydrogen-bond acceptors (Lipinski definition) is 5. The van der Waals surface area contributed by atoms with Crippen LogP contribution in [0.1, 0.15) is 56.9 Å². The number of hydrogen-bond donors (Lipinski definition) is 3. The van der Waals surface area contributed by atoms with Crippen molar-refractivity contribution in [1.82, 2.24) is 0 Å². The molecule has 0 aliphatic heterocycles. The van der Waals surface area contributed by atoms with Crippen LogP contribution < -0.4 is 5.14 Å². The minimum Gasteiger partial charge on any atom is -0.366 e. The van der Waals surface area contributed by atoms with E-state index in [4.69, 9.17) is 15.4 Å². The lowest BCUT2D eigenvalue weighted by Gasteiger charge is -2.25. The minimum atomic E-state index is -3.76. The van der Waals surface area contributed by atoms with Crippen LogP contribution in [-0.2, 0) is 20.9 Å². The molecule has 0 unspecified atom stereocenters. The number of rotatable bonds is 7. The van der Waals surface area contributed by atoms with E-state index < -0.39 is 16.1 Å². The fourth-order valence-electron chi connectivity index (χ4n) is 2.55. The van der Waals surface area contributed by atoms with E-state index in [1.807, 2.05) is 18.2 Å². The summed E-state index contributed by atoms with van der Waals surface area (Å²) in [4.78, 5) is 0. The topological polar surface area (TPSA) is 110 Å². The molecule has 0 bridgehead atoms. The van der Waals surface area contributed by atoms with Crippen molar-refractivity contribution in [3.63, 3.8) is 0 Å². The Morgan fingerprint density at radius 2 is 1.62 bits per heavy atom. The van der Waals surface area contributed by atoms with Crippen LogP contribution in [0.2, 0.25) is 0 Å². The van der Waals surface area contributed by atoms with Crippen LogP contribution in [0.25, 0.3) is 0 Å². The highest BCUT2D eigenvalue weighted by Crippen LogP contribution is 2.24. The van der Waals surface area contributed by atoms with Gasteiger partial charge in [-0.25, -0.2) is 5.14 Å². The van der Waals surface area contributed by atoms with E-state index in [1.165, 1.54) is 5.56 Å². The van der Waals surface area contributed by atoms with Crippen LogP contribution in [0.4, 0.5) is 0 Å². The molecule has 1 fully saturated rings. The molecule has 0 radical (unpaired) electrons. The Morgan fingerprint density at radius 1 is 1.00 bits per heavy atom. The van der Waals surface area contributed by atoms with Gasteiger partial charge in [-0.05, 0) is 37.7 Å². The molecule has 0 amide bonds. The fourth-order valence-corrected chi connectivity index (χ4v) is 2.90. The summed E-state index contributed by atoms with van der Waals surface area (Å²) in [5.41, 5.74) is 1.30. The minimum absolute atomic E-state index is 0.174. The smallest absolute Gasteiger partial charge is 0.333 e. The van der Waals surface area contributed by atoms with E-state index >= 15 is 0 Å². The quantitative estimate of drug-likeness (QED) is 0.511. The second-order valence-corrected chi connectivity index (χ2v) is 7.38. The molecule has 1 saturated carbocycles. The van der Waals surface area contributed by atoms with Gasteiger partial charge in [0.2, 0.25) is 0 Å². The van der Waals surface area contributed by atoms with E-state index in [-0.39, 0.29) is 6.61 Å². The number of aliphatic hydroxyl groups is 2. The maximum atomic E-state index is 10.4. The first kappa shape index (κ1) is 21.1. The molecule has 4 N–H and O–H groups in total. The number of unbranched alkanes of at least 4 members (excludes halogenated alkanes) is 2. The van der Waals surface area contributed by atoms with E-state index in [9.17, 15) is 8.42 Å². The maximum Gasteiger partial charge on any atom is 0.333 e. The third-order valence-electron chi connectivity index (χ3n) is 3.85. The standard InChI is InChI=1S/C11H17NO3S.C6H12O2/c12-16(13,14)15-10-6-2-5-9-11-7-3-1-4-8-11;7-6(8)4-2-1-3-5-6/h1,3-4,7-8H,2,5-6,9-10H2,(H2,12,13,14);7-8H,1-5H2. The fraction of sp³-hybridized carbons (Fsp3) is 0.647. The van der Waals surface area contributed by atoms with Gasteiger partial charge in [0.05, 0.1) is 6.61 Å². The van der Waals surface area contributed by atoms with Crippen LogP contribution in [0.5, 0.6) is 0 Å². The van der Waals surface area contributed by atoms with Crippen molar-refractivity contribution < 1.29 is 22.8 Å². The average Bonchev–Trinajstić information content (AvgIpc) is 2.51. The summed E-state index contributed by atoms with van der Waals surface area (Å²) >= 11 is 0. The first-order valence-corrected chi connectivity index (χ1v) is 9.91. The van der Waals surface area contributed by atoms with Crippen molar-refractivity contribution in [3.8, 4) is 0 Å². The monoisotopic (exact) mass is 359 g/mol. The Labute approximate surface area is 144 Å². The van der Waals surface area contributed by atoms with Crippen molar-refractivity contribution in [2.75, 3.05) is 6.61 Å². The van der Waals surface area contributed by atoms with Crippen LogP contribution in [0.15, 0.2) is 30.3 Å². The van der Waals surface area contributed by atoms with Gasteiger partial charge < -0.3 is 10.2 Å². The first-order valence-electron chi connectivity index (χ1n) is 8.44. The van der Waals surface area contributed by atoms with Crippen molar-refractivity contribution in [2.45, 2.75) is 63.6 Å². The highest BCUT2D eigenvalue weighted by Gasteiger charge is 2.24. The van der Waals surface area contributed by atoms with Gasteiger partial charge in [-0.15, -0.1) is 0 Å². The molecule has 1 aromatic carbocycles. The zero-order chi connectivity index (χ0) is 17.9. The summed E-state index contributed by atoms with van der Waals surface area (Å²) in [5.74, 6) is -1.32.